The molecule has 1 aromatic rings. The summed E-state index contributed by atoms with van der Waals surface area (Å²) in [5.41, 5.74) is 0. The van der Waals surface area contributed by atoms with E-state index in [1.54, 1.807) is 11.8 Å². The molecule has 0 bridgehead atoms. The van der Waals surface area contributed by atoms with E-state index < -0.39 is 12.6 Å². The molecule has 3 nitrogen and oxygen atoms in total. The maximum atomic E-state index is 12.2. The van der Waals surface area contributed by atoms with Crippen molar-refractivity contribution in [2.45, 2.75) is 32.4 Å². The van der Waals surface area contributed by atoms with Crippen LogP contribution in [0.4, 0.5) is 18.3 Å². The van der Waals surface area contributed by atoms with Crippen LogP contribution in [-0.4, -0.2) is 28.6 Å². The van der Waals surface area contributed by atoms with Crippen molar-refractivity contribution in [3.8, 4) is 0 Å². The van der Waals surface area contributed by atoms with Crippen LogP contribution in [0.5, 0.6) is 0 Å². The van der Waals surface area contributed by atoms with Gasteiger partial charge in [0, 0.05) is 24.6 Å². The van der Waals surface area contributed by atoms with Crippen molar-refractivity contribution in [3.05, 3.63) is 5.82 Å². The van der Waals surface area contributed by atoms with Crippen molar-refractivity contribution >= 4 is 16.7 Å². The predicted molar refractivity (Wildman–Crippen MR) is 60.3 cm³/mol. The highest BCUT2D eigenvalue weighted by Crippen LogP contribution is 2.32. The SMILES string of the molecule is Cc1nsc(N(CCC(F)(F)F)CC2CC2)n1. The summed E-state index contributed by atoms with van der Waals surface area (Å²) in [6.07, 6.45) is -2.68. The highest BCUT2D eigenvalue weighted by Gasteiger charge is 2.31. The van der Waals surface area contributed by atoms with Crippen LogP contribution < -0.4 is 4.90 Å². The van der Waals surface area contributed by atoms with Gasteiger partial charge in [-0.05, 0) is 25.7 Å². The van der Waals surface area contributed by atoms with Crippen LogP contribution in [0.15, 0.2) is 0 Å². The molecule has 0 aromatic carbocycles. The van der Waals surface area contributed by atoms with Crippen molar-refractivity contribution < 1.29 is 13.2 Å². The van der Waals surface area contributed by atoms with Crippen molar-refractivity contribution in [2.75, 3.05) is 18.0 Å². The lowest BCUT2D eigenvalue weighted by atomic mass is 10.3. The lowest BCUT2D eigenvalue weighted by molar-refractivity contribution is -0.132. The van der Waals surface area contributed by atoms with Crippen LogP contribution >= 0.6 is 11.5 Å². The van der Waals surface area contributed by atoms with Crippen LogP contribution in [0.3, 0.4) is 0 Å². The second-order valence-electron chi connectivity index (χ2n) is 4.38. The minimum Gasteiger partial charge on any atom is -0.346 e. The van der Waals surface area contributed by atoms with Gasteiger partial charge in [0.1, 0.15) is 5.82 Å². The van der Waals surface area contributed by atoms with Gasteiger partial charge in [0.05, 0.1) is 6.42 Å². The Balaban J connectivity index is 1.97. The van der Waals surface area contributed by atoms with Gasteiger partial charge in [-0.3, -0.25) is 0 Å². The zero-order chi connectivity index (χ0) is 12.5. The van der Waals surface area contributed by atoms with Crippen LogP contribution in [-0.2, 0) is 0 Å². The van der Waals surface area contributed by atoms with Crippen LogP contribution in [0.2, 0.25) is 0 Å². The summed E-state index contributed by atoms with van der Waals surface area (Å²) in [7, 11) is 0. The zero-order valence-corrected chi connectivity index (χ0v) is 10.3. The fraction of sp³-hybridized carbons (Fsp3) is 0.800. The van der Waals surface area contributed by atoms with Crippen LogP contribution in [0.1, 0.15) is 25.1 Å². The van der Waals surface area contributed by atoms with E-state index in [1.165, 1.54) is 11.5 Å². The fourth-order valence-corrected chi connectivity index (χ4v) is 2.26. The maximum absolute atomic E-state index is 12.2. The average molecular weight is 265 g/mol. The average Bonchev–Trinajstić information content (AvgIpc) is 2.93. The molecule has 0 unspecified atom stereocenters. The number of aromatic nitrogens is 2. The second kappa shape index (κ2) is 4.80. The summed E-state index contributed by atoms with van der Waals surface area (Å²) in [4.78, 5) is 5.88. The van der Waals surface area contributed by atoms with Gasteiger partial charge in [-0.1, -0.05) is 0 Å². The van der Waals surface area contributed by atoms with Gasteiger partial charge in [-0.2, -0.15) is 17.5 Å². The summed E-state index contributed by atoms with van der Waals surface area (Å²) in [5.74, 6) is 1.16. The van der Waals surface area contributed by atoms with E-state index in [1.807, 2.05) is 0 Å². The van der Waals surface area contributed by atoms with E-state index in [9.17, 15) is 13.2 Å². The number of anilines is 1. The smallest absolute Gasteiger partial charge is 0.346 e. The van der Waals surface area contributed by atoms with Gasteiger partial charge in [0.25, 0.3) is 0 Å². The number of halogens is 3. The summed E-state index contributed by atoms with van der Waals surface area (Å²) in [5, 5.41) is 0.610. The minimum absolute atomic E-state index is 0.0192. The first-order valence-corrected chi connectivity index (χ1v) is 6.33. The zero-order valence-electron chi connectivity index (χ0n) is 9.50. The van der Waals surface area contributed by atoms with Gasteiger partial charge in [0.2, 0.25) is 5.13 Å². The molecule has 7 heteroatoms. The summed E-state index contributed by atoms with van der Waals surface area (Å²) >= 11 is 1.18. The molecule has 0 spiro atoms. The first kappa shape index (κ1) is 12.6. The number of rotatable bonds is 5. The minimum atomic E-state index is -4.11. The standard InChI is InChI=1S/C10H14F3N3S/c1-7-14-9(17-15-7)16(6-8-2-3-8)5-4-10(11,12)13/h8H,2-6H2,1H3. The van der Waals surface area contributed by atoms with E-state index >= 15 is 0 Å². The molecule has 1 saturated carbocycles. The molecular weight excluding hydrogens is 251 g/mol. The third-order valence-corrected chi connectivity index (χ3v) is 3.50. The molecule has 1 fully saturated rings. The number of alkyl halides is 3. The van der Waals surface area contributed by atoms with E-state index in [-0.39, 0.29) is 6.54 Å². The number of hydrogen-bond acceptors (Lipinski definition) is 4. The van der Waals surface area contributed by atoms with E-state index in [4.69, 9.17) is 0 Å². The van der Waals surface area contributed by atoms with Crippen molar-refractivity contribution in [3.63, 3.8) is 0 Å². The molecule has 96 valence electrons. The predicted octanol–water partition coefficient (Wildman–Crippen LogP) is 3.02. The van der Waals surface area contributed by atoms with Crippen molar-refractivity contribution in [1.29, 1.82) is 0 Å². The van der Waals surface area contributed by atoms with Gasteiger partial charge >= 0.3 is 6.18 Å². The Morgan fingerprint density at radius 1 is 1.41 bits per heavy atom. The Labute approximate surface area is 102 Å². The first-order valence-electron chi connectivity index (χ1n) is 5.56. The van der Waals surface area contributed by atoms with E-state index in [2.05, 4.69) is 9.36 Å². The molecule has 0 saturated heterocycles. The molecule has 1 heterocycles. The van der Waals surface area contributed by atoms with Crippen LogP contribution in [0, 0.1) is 12.8 Å². The Kier molecular flexibility index (Phi) is 3.56. The normalized spacial score (nSPS) is 16.2. The molecule has 0 N–H and O–H groups in total. The topological polar surface area (TPSA) is 29.0 Å². The molecular formula is C10H14F3N3S. The lowest BCUT2D eigenvalue weighted by Gasteiger charge is -2.21. The van der Waals surface area contributed by atoms with Gasteiger partial charge in [0.15, 0.2) is 0 Å². The Bertz CT molecular complexity index is 373. The van der Waals surface area contributed by atoms with E-state index in [0.717, 1.165) is 12.8 Å². The van der Waals surface area contributed by atoms with Gasteiger partial charge in [-0.25, -0.2) is 4.98 Å². The molecule has 17 heavy (non-hydrogen) atoms. The second-order valence-corrected chi connectivity index (χ2v) is 5.11. The van der Waals surface area contributed by atoms with Gasteiger partial charge in [-0.15, -0.1) is 0 Å². The molecule has 0 atom stereocenters. The quantitative estimate of drug-likeness (QED) is 0.819. The lowest BCUT2D eigenvalue weighted by Crippen LogP contribution is -2.30. The highest BCUT2D eigenvalue weighted by molar-refractivity contribution is 7.09. The Hall–Kier alpha value is -0.850. The molecule has 2 rings (SSSR count). The number of hydrogen-bond donors (Lipinski definition) is 0. The molecule has 0 amide bonds. The van der Waals surface area contributed by atoms with Gasteiger partial charge < -0.3 is 4.90 Å². The third kappa shape index (κ3) is 4.14. The van der Waals surface area contributed by atoms with E-state index in [0.29, 0.717) is 23.4 Å². The summed E-state index contributed by atoms with van der Waals surface area (Å²) < 4.78 is 40.7. The van der Waals surface area contributed by atoms with Crippen LogP contribution in [0.25, 0.3) is 0 Å². The number of aryl methyl sites for hydroxylation is 1. The Morgan fingerprint density at radius 2 is 2.12 bits per heavy atom. The maximum Gasteiger partial charge on any atom is 0.390 e. The Morgan fingerprint density at radius 3 is 2.59 bits per heavy atom. The molecule has 0 radical (unpaired) electrons. The summed E-state index contributed by atoms with van der Waals surface area (Å²) in [6, 6.07) is 0. The monoisotopic (exact) mass is 265 g/mol. The fourth-order valence-electron chi connectivity index (χ4n) is 1.55. The molecule has 0 aliphatic heterocycles. The van der Waals surface area contributed by atoms with Crippen molar-refractivity contribution in [2.24, 2.45) is 5.92 Å². The molecule has 1 aliphatic carbocycles. The van der Waals surface area contributed by atoms with Crippen molar-refractivity contribution in [1.82, 2.24) is 9.36 Å². The first-order chi connectivity index (χ1) is 7.94. The number of nitrogens with zero attached hydrogens (tertiary/aromatic N) is 3. The third-order valence-electron chi connectivity index (χ3n) is 2.63. The molecule has 1 aromatic heterocycles. The molecule has 1 aliphatic rings. The largest absolute Gasteiger partial charge is 0.390 e. The summed E-state index contributed by atoms with van der Waals surface area (Å²) in [6.45, 7) is 2.40. The highest BCUT2D eigenvalue weighted by atomic mass is 32.1.